The fraction of sp³-hybridized carbons (Fsp3) is 0.516. The molecule has 1 saturated heterocycles. The van der Waals surface area contributed by atoms with Crippen LogP contribution in [-0.4, -0.2) is 70.8 Å². The summed E-state index contributed by atoms with van der Waals surface area (Å²) < 4.78 is 11.1. The summed E-state index contributed by atoms with van der Waals surface area (Å²) in [5.41, 5.74) is 3.07. The van der Waals surface area contributed by atoms with Crippen molar-refractivity contribution in [2.45, 2.75) is 70.2 Å². The molecule has 2 fully saturated rings. The fourth-order valence-electron chi connectivity index (χ4n) is 5.74. The lowest BCUT2D eigenvalue weighted by Crippen LogP contribution is -2.42. The minimum atomic E-state index is -0.666. The van der Waals surface area contributed by atoms with E-state index in [1.165, 1.54) is 30.4 Å². The molecule has 0 unspecified atom stereocenters. The molecular weight excluding hydrogens is 552 g/mol. The van der Waals surface area contributed by atoms with Crippen molar-refractivity contribution in [3.05, 3.63) is 65.4 Å². The van der Waals surface area contributed by atoms with Gasteiger partial charge in [-0.25, -0.2) is 9.97 Å². The average Bonchev–Trinajstić information content (AvgIpc) is 3.51. The molecule has 226 valence electrons. The molecule has 1 saturated carbocycles. The average molecular weight is 595 g/mol. The summed E-state index contributed by atoms with van der Waals surface area (Å²) in [7, 11) is 0. The number of rotatable bonds is 11. The number of aliphatic hydroxyl groups is 1. The molecule has 3 N–H and O–H groups in total. The number of ether oxygens (including phenoxy) is 1. The molecule has 11 heteroatoms. The number of hydrogen-bond donors (Lipinski definition) is 3. The summed E-state index contributed by atoms with van der Waals surface area (Å²) in [6.45, 7) is 4.56. The van der Waals surface area contributed by atoms with Crippen LogP contribution in [0.1, 0.15) is 65.8 Å². The maximum Gasteiger partial charge on any atom is 0.251 e. The van der Waals surface area contributed by atoms with Crippen LogP contribution in [0.15, 0.2) is 47.3 Å². The molecule has 1 aliphatic carbocycles. The van der Waals surface area contributed by atoms with Crippen LogP contribution in [0.4, 0.5) is 11.6 Å². The zero-order chi connectivity index (χ0) is 28.0. The van der Waals surface area contributed by atoms with Gasteiger partial charge in [-0.3, -0.25) is 9.69 Å². The molecule has 0 radical (unpaired) electrons. The Morgan fingerprint density at radius 3 is 2.71 bits per heavy atom. The van der Waals surface area contributed by atoms with E-state index in [0.717, 1.165) is 75.7 Å². The van der Waals surface area contributed by atoms with Gasteiger partial charge in [0.15, 0.2) is 12.2 Å². The number of carbonyl (C=O) groups is 1. The Labute approximate surface area is 254 Å². The van der Waals surface area contributed by atoms with Crippen LogP contribution >= 0.6 is 13.5 Å². The maximum absolute atomic E-state index is 13.2. The third-order valence-electron chi connectivity index (χ3n) is 8.31. The van der Waals surface area contributed by atoms with Crippen molar-refractivity contribution in [2.75, 3.05) is 42.9 Å². The summed E-state index contributed by atoms with van der Waals surface area (Å²) in [5.74, 6) is 2.94. The van der Waals surface area contributed by atoms with Crippen molar-refractivity contribution in [1.82, 2.24) is 20.2 Å². The van der Waals surface area contributed by atoms with Gasteiger partial charge in [-0.1, -0.05) is 6.07 Å². The van der Waals surface area contributed by atoms with Gasteiger partial charge in [-0.05, 0) is 80.3 Å². The third-order valence-corrected chi connectivity index (χ3v) is 8.31. The van der Waals surface area contributed by atoms with E-state index in [1.807, 2.05) is 18.2 Å². The number of hydrogen-bond acceptors (Lipinski definition) is 9. The van der Waals surface area contributed by atoms with Gasteiger partial charge in [0.1, 0.15) is 24.0 Å². The van der Waals surface area contributed by atoms with Crippen molar-refractivity contribution in [1.29, 1.82) is 0 Å². The minimum Gasteiger partial charge on any atom is -0.486 e. The van der Waals surface area contributed by atoms with Crippen LogP contribution in [0.5, 0.6) is 5.75 Å². The lowest BCUT2D eigenvalue weighted by molar-refractivity contribution is 0.0841. The second-order valence-corrected chi connectivity index (χ2v) is 11.5. The quantitative estimate of drug-likeness (QED) is 0.304. The standard InChI is InChI=1S/C31H40N6O4.H2S/c38-26(19-36-12-9-22-13-27(8-7-23(22)18-36)40-20-28-17-32-21-41-28)16-33-31(39)24-14-29(34-25-5-4-6-25)35-30(15-24)37-10-2-1-3-11-37;/h7-8,13-15,17,21,25-26,38H,1-6,9-12,16,18-20H2,(H,33,39)(H,34,35);1H2/t26-;/m0./s1. The van der Waals surface area contributed by atoms with Crippen LogP contribution in [0, 0.1) is 0 Å². The first-order valence-corrected chi connectivity index (χ1v) is 14.9. The van der Waals surface area contributed by atoms with Gasteiger partial charge in [-0.2, -0.15) is 13.5 Å². The highest BCUT2D eigenvalue weighted by Crippen LogP contribution is 2.27. The number of pyridine rings is 1. The number of carbonyl (C=O) groups excluding carboxylic acids is 1. The zero-order valence-corrected chi connectivity index (χ0v) is 25.1. The Kier molecular flexibility index (Phi) is 10.2. The summed E-state index contributed by atoms with van der Waals surface area (Å²) in [5, 5.41) is 17.3. The van der Waals surface area contributed by atoms with Crippen molar-refractivity contribution in [2.24, 2.45) is 0 Å². The number of piperidine rings is 1. The van der Waals surface area contributed by atoms with Gasteiger partial charge in [0.2, 0.25) is 0 Å². The maximum atomic E-state index is 13.2. The number of aliphatic hydroxyl groups excluding tert-OH is 1. The number of amides is 1. The van der Waals surface area contributed by atoms with Gasteiger partial charge in [0.25, 0.3) is 5.91 Å². The topological polar surface area (TPSA) is 116 Å². The Morgan fingerprint density at radius 1 is 1.10 bits per heavy atom. The van der Waals surface area contributed by atoms with Crippen LogP contribution in [-0.2, 0) is 19.6 Å². The smallest absolute Gasteiger partial charge is 0.251 e. The van der Waals surface area contributed by atoms with Crippen molar-refractivity contribution in [3.63, 3.8) is 0 Å². The first-order valence-electron chi connectivity index (χ1n) is 14.9. The molecule has 0 spiro atoms. The molecule has 0 bridgehead atoms. The summed E-state index contributed by atoms with van der Waals surface area (Å²) in [4.78, 5) is 26.5. The lowest BCUT2D eigenvalue weighted by atomic mass is 9.93. The number of nitrogens with zero attached hydrogens (tertiary/aromatic N) is 4. The second kappa shape index (κ2) is 14.3. The summed E-state index contributed by atoms with van der Waals surface area (Å²) in [6.07, 6.45) is 10.3. The number of oxazole rings is 1. The lowest BCUT2D eigenvalue weighted by Gasteiger charge is -2.31. The van der Waals surface area contributed by atoms with Crippen LogP contribution in [0.25, 0.3) is 0 Å². The van der Waals surface area contributed by atoms with Crippen molar-refractivity contribution >= 4 is 31.0 Å². The number of nitrogens with one attached hydrogen (secondary N) is 2. The second-order valence-electron chi connectivity index (χ2n) is 11.5. The van der Waals surface area contributed by atoms with Gasteiger partial charge in [0.05, 0.1) is 12.3 Å². The number of β-amino-alcohol motifs (C(OH)–C–C–N with tert-alkyl or cyclic N) is 1. The molecule has 42 heavy (non-hydrogen) atoms. The van der Waals surface area contributed by atoms with E-state index >= 15 is 0 Å². The van der Waals surface area contributed by atoms with E-state index in [-0.39, 0.29) is 25.9 Å². The molecular formula is C31H42N6O4S. The monoisotopic (exact) mass is 594 g/mol. The van der Waals surface area contributed by atoms with E-state index in [0.29, 0.717) is 30.5 Å². The normalized spacial score (nSPS) is 17.9. The van der Waals surface area contributed by atoms with E-state index in [1.54, 1.807) is 6.20 Å². The molecule has 1 aromatic carbocycles. The third kappa shape index (κ3) is 7.76. The number of benzene rings is 1. The van der Waals surface area contributed by atoms with Gasteiger partial charge in [0, 0.05) is 50.9 Å². The Bertz CT molecular complexity index is 1310. The summed E-state index contributed by atoms with van der Waals surface area (Å²) >= 11 is 0. The van der Waals surface area contributed by atoms with E-state index < -0.39 is 6.10 Å². The van der Waals surface area contributed by atoms with E-state index in [2.05, 4.69) is 37.6 Å². The van der Waals surface area contributed by atoms with E-state index in [4.69, 9.17) is 14.1 Å². The largest absolute Gasteiger partial charge is 0.486 e. The Balaban J connectivity index is 0.00000353. The van der Waals surface area contributed by atoms with Crippen LogP contribution in [0.2, 0.25) is 0 Å². The molecule has 10 nitrogen and oxygen atoms in total. The van der Waals surface area contributed by atoms with Crippen molar-refractivity contribution in [3.8, 4) is 5.75 Å². The Hall–Kier alpha value is -3.28. The number of anilines is 2. The minimum absolute atomic E-state index is 0. The molecule has 1 atom stereocenters. The highest BCUT2D eigenvalue weighted by molar-refractivity contribution is 7.59. The molecule has 2 aliphatic heterocycles. The Morgan fingerprint density at radius 2 is 1.95 bits per heavy atom. The van der Waals surface area contributed by atoms with Crippen LogP contribution < -0.4 is 20.3 Å². The molecule has 2 aromatic heterocycles. The van der Waals surface area contributed by atoms with Gasteiger partial charge < -0.3 is 29.8 Å². The summed E-state index contributed by atoms with van der Waals surface area (Å²) in [6, 6.07) is 10.3. The predicted octanol–water partition coefficient (Wildman–Crippen LogP) is 3.87. The molecule has 1 amide bonds. The van der Waals surface area contributed by atoms with Gasteiger partial charge in [-0.15, -0.1) is 0 Å². The zero-order valence-electron chi connectivity index (χ0n) is 24.1. The molecule has 3 aromatic rings. The highest BCUT2D eigenvalue weighted by atomic mass is 32.1. The number of fused-ring (bicyclic) bond motifs is 1. The number of aromatic nitrogens is 2. The first kappa shape index (κ1) is 30.2. The fourth-order valence-corrected chi connectivity index (χ4v) is 5.74. The van der Waals surface area contributed by atoms with Crippen LogP contribution in [0.3, 0.4) is 0 Å². The first-order chi connectivity index (χ1) is 20.1. The van der Waals surface area contributed by atoms with Gasteiger partial charge >= 0.3 is 0 Å². The highest BCUT2D eigenvalue weighted by Gasteiger charge is 2.23. The van der Waals surface area contributed by atoms with Crippen molar-refractivity contribution < 1.29 is 19.1 Å². The SMILES string of the molecule is O=C(NC[C@H](O)CN1CCc2cc(OCc3cnco3)ccc2C1)c1cc(NC2CCC2)nc(N2CCCCC2)c1.S. The predicted molar refractivity (Wildman–Crippen MR) is 167 cm³/mol. The molecule has 3 aliphatic rings. The molecule has 6 rings (SSSR count). The van der Waals surface area contributed by atoms with E-state index in [9.17, 15) is 9.90 Å². The molecule has 4 heterocycles.